The SMILES string of the molecule is Cc1ccc(-n2c(=O)c3c4c(sc3n3c(SCC(=O)c5ccc(Cl)cc5)nnc23)CCC[C@@H]4C)cc1. The molecule has 0 radical (unpaired) electrons. The molecule has 3 heterocycles. The Hall–Kier alpha value is -2.94. The Kier molecular flexibility index (Phi) is 5.98. The molecular formula is C27H23ClN4O2S2. The van der Waals surface area contributed by atoms with Crippen LogP contribution in [0.4, 0.5) is 0 Å². The zero-order valence-corrected chi connectivity index (χ0v) is 22.2. The molecule has 3 aromatic heterocycles. The molecule has 1 aliphatic rings. The van der Waals surface area contributed by atoms with Crippen LogP contribution >= 0.6 is 34.7 Å². The van der Waals surface area contributed by atoms with Crippen molar-refractivity contribution in [3.05, 3.63) is 85.5 Å². The van der Waals surface area contributed by atoms with Crippen molar-refractivity contribution >= 4 is 56.5 Å². The van der Waals surface area contributed by atoms with Crippen LogP contribution in [0.25, 0.3) is 21.7 Å². The fraction of sp³-hybridized carbons (Fsp3) is 0.259. The molecule has 0 N–H and O–H groups in total. The summed E-state index contributed by atoms with van der Waals surface area (Å²) in [6.45, 7) is 4.22. The molecular weight excluding hydrogens is 512 g/mol. The van der Waals surface area contributed by atoms with Gasteiger partial charge in [-0.05, 0) is 74.1 Å². The van der Waals surface area contributed by atoms with E-state index in [4.69, 9.17) is 11.6 Å². The topological polar surface area (TPSA) is 69.3 Å². The van der Waals surface area contributed by atoms with Gasteiger partial charge in [-0.25, -0.2) is 8.97 Å². The lowest BCUT2D eigenvalue weighted by atomic mass is 9.88. The predicted molar refractivity (Wildman–Crippen MR) is 147 cm³/mol. The fourth-order valence-electron chi connectivity index (χ4n) is 4.92. The second-order valence-corrected chi connectivity index (χ2v) is 11.7. The van der Waals surface area contributed by atoms with Crippen LogP contribution in [0.2, 0.25) is 5.02 Å². The highest BCUT2D eigenvalue weighted by molar-refractivity contribution is 7.99. The van der Waals surface area contributed by atoms with Crippen LogP contribution in [-0.4, -0.2) is 30.7 Å². The van der Waals surface area contributed by atoms with E-state index in [1.807, 2.05) is 35.6 Å². The quantitative estimate of drug-likeness (QED) is 0.191. The number of aryl methyl sites for hydroxylation is 2. The van der Waals surface area contributed by atoms with E-state index in [0.717, 1.165) is 46.3 Å². The van der Waals surface area contributed by atoms with E-state index in [0.29, 0.717) is 27.4 Å². The Labute approximate surface area is 220 Å². The zero-order valence-electron chi connectivity index (χ0n) is 19.8. The first-order valence-electron chi connectivity index (χ1n) is 11.9. The molecule has 9 heteroatoms. The zero-order chi connectivity index (χ0) is 25.0. The molecule has 36 heavy (non-hydrogen) atoms. The summed E-state index contributed by atoms with van der Waals surface area (Å²) in [5.74, 6) is 0.965. The van der Waals surface area contributed by atoms with E-state index >= 15 is 0 Å². The Morgan fingerprint density at radius 3 is 2.64 bits per heavy atom. The summed E-state index contributed by atoms with van der Waals surface area (Å²) in [5.41, 5.74) is 3.57. The monoisotopic (exact) mass is 534 g/mol. The molecule has 0 saturated heterocycles. The summed E-state index contributed by atoms with van der Waals surface area (Å²) in [5, 5.41) is 10.8. The van der Waals surface area contributed by atoms with Crippen LogP contribution in [0.15, 0.2) is 58.5 Å². The van der Waals surface area contributed by atoms with Gasteiger partial charge in [0.2, 0.25) is 5.78 Å². The number of thioether (sulfide) groups is 1. The number of ketones is 1. The maximum Gasteiger partial charge on any atom is 0.268 e. The van der Waals surface area contributed by atoms with Gasteiger partial charge in [-0.3, -0.25) is 9.59 Å². The molecule has 6 rings (SSSR count). The third-order valence-electron chi connectivity index (χ3n) is 6.76. The largest absolute Gasteiger partial charge is 0.293 e. The van der Waals surface area contributed by atoms with Crippen molar-refractivity contribution in [1.29, 1.82) is 0 Å². The summed E-state index contributed by atoms with van der Waals surface area (Å²) in [6, 6.07) is 14.8. The van der Waals surface area contributed by atoms with Crippen LogP contribution in [0.5, 0.6) is 0 Å². The molecule has 0 spiro atoms. The van der Waals surface area contributed by atoms with E-state index in [1.165, 1.54) is 16.6 Å². The van der Waals surface area contributed by atoms with Crippen molar-refractivity contribution in [2.45, 2.75) is 44.2 Å². The molecule has 0 unspecified atom stereocenters. The van der Waals surface area contributed by atoms with Gasteiger partial charge in [-0.15, -0.1) is 21.5 Å². The number of hydrogen-bond donors (Lipinski definition) is 0. The molecule has 0 saturated carbocycles. The number of Topliss-reactive ketones (excluding diaryl/α,β-unsaturated/α-hetero) is 1. The van der Waals surface area contributed by atoms with Gasteiger partial charge in [0.1, 0.15) is 4.83 Å². The van der Waals surface area contributed by atoms with E-state index in [1.54, 1.807) is 40.2 Å². The van der Waals surface area contributed by atoms with Gasteiger partial charge in [0.15, 0.2) is 10.9 Å². The highest BCUT2D eigenvalue weighted by Gasteiger charge is 2.28. The number of aromatic nitrogens is 4. The van der Waals surface area contributed by atoms with Crippen LogP contribution in [0.1, 0.15) is 52.0 Å². The third-order valence-corrected chi connectivity index (χ3v) is 9.20. The first-order valence-corrected chi connectivity index (χ1v) is 14.0. The van der Waals surface area contributed by atoms with Gasteiger partial charge in [0.25, 0.3) is 5.56 Å². The van der Waals surface area contributed by atoms with Gasteiger partial charge >= 0.3 is 0 Å². The average molecular weight is 535 g/mol. The minimum Gasteiger partial charge on any atom is -0.293 e. The number of benzene rings is 2. The number of carbonyl (C=O) groups is 1. The number of rotatable bonds is 5. The number of thiophene rings is 1. The number of halogens is 1. The molecule has 1 aliphatic carbocycles. The van der Waals surface area contributed by atoms with E-state index in [9.17, 15) is 9.59 Å². The second-order valence-electron chi connectivity index (χ2n) is 9.23. The van der Waals surface area contributed by atoms with Crippen molar-refractivity contribution in [2.75, 3.05) is 5.75 Å². The summed E-state index contributed by atoms with van der Waals surface area (Å²) in [4.78, 5) is 29.0. The van der Waals surface area contributed by atoms with E-state index in [-0.39, 0.29) is 17.1 Å². The van der Waals surface area contributed by atoms with Crippen molar-refractivity contribution in [3.8, 4) is 5.69 Å². The van der Waals surface area contributed by atoms with Crippen molar-refractivity contribution in [2.24, 2.45) is 0 Å². The first-order chi connectivity index (χ1) is 17.4. The molecule has 2 aromatic carbocycles. The minimum absolute atomic E-state index is 0.0180. The molecule has 1 atom stereocenters. The molecule has 5 aromatic rings. The normalized spacial score (nSPS) is 15.5. The summed E-state index contributed by atoms with van der Waals surface area (Å²) in [6.07, 6.45) is 3.17. The maximum absolute atomic E-state index is 14.0. The van der Waals surface area contributed by atoms with Crippen LogP contribution in [0.3, 0.4) is 0 Å². The Morgan fingerprint density at radius 1 is 1.14 bits per heavy atom. The highest BCUT2D eigenvalue weighted by Crippen LogP contribution is 2.41. The minimum atomic E-state index is -0.0613. The molecule has 0 fully saturated rings. The van der Waals surface area contributed by atoms with Gasteiger partial charge in [-0.2, -0.15) is 0 Å². The lowest BCUT2D eigenvalue weighted by Gasteiger charge is -2.18. The van der Waals surface area contributed by atoms with Crippen LogP contribution < -0.4 is 5.56 Å². The lowest BCUT2D eigenvalue weighted by molar-refractivity contribution is 0.102. The number of fused-ring (bicyclic) bond motifs is 5. The van der Waals surface area contributed by atoms with Gasteiger partial charge in [-0.1, -0.05) is 48.0 Å². The number of nitrogens with zero attached hydrogens (tertiary/aromatic N) is 4. The Morgan fingerprint density at radius 2 is 1.89 bits per heavy atom. The third kappa shape index (κ3) is 3.88. The summed E-state index contributed by atoms with van der Waals surface area (Å²) in [7, 11) is 0. The highest BCUT2D eigenvalue weighted by atomic mass is 35.5. The van der Waals surface area contributed by atoms with Gasteiger partial charge in [0, 0.05) is 15.5 Å². The van der Waals surface area contributed by atoms with Gasteiger partial charge in [0.05, 0.1) is 16.8 Å². The predicted octanol–water partition coefficient (Wildman–Crippen LogP) is 6.47. The van der Waals surface area contributed by atoms with Crippen molar-refractivity contribution in [3.63, 3.8) is 0 Å². The Bertz CT molecular complexity index is 1680. The van der Waals surface area contributed by atoms with Gasteiger partial charge < -0.3 is 0 Å². The van der Waals surface area contributed by atoms with Crippen molar-refractivity contribution in [1.82, 2.24) is 19.2 Å². The van der Waals surface area contributed by atoms with Crippen LogP contribution in [0, 0.1) is 6.92 Å². The number of hydrogen-bond acceptors (Lipinski definition) is 6. The Balaban J connectivity index is 1.53. The number of carbonyl (C=O) groups excluding carboxylic acids is 1. The molecule has 182 valence electrons. The first kappa shape index (κ1) is 23.5. The van der Waals surface area contributed by atoms with Crippen molar-refractivity contribution < 1.29 is 4.79 Å². The fourth-order valence-corrected chi connectivity index (χ4v) is 7.38. The molecule has 6 nitrogen and oxygen atoms in total. The lowest BCUT2D eigenvalue weighted by Crippen LogP contribution is -2.22. The standard InChI is InChI=1S/C27H23ClN4O2S2/c1-15-6-12-19(13-7-15)31-24(34)23-22-16(2)4-3-5-21(22)36-25(23)32-26(31)29-30-27(32)35-14-20(33)17-8-10-18(28)11-9-17/h6-13,16H,3-5,14H2,1-2H3/t16-/m0/s1. The smallest absolute Gasteiger partial charge is 0.268 e. The second kappa shape index (κ2) is 9.18. The van der Waals surface area contributed by atoms with Crippen LogP contribution in [-0.2, 0) is 6.42 Å². The molecule has 0 bridgehead atoms. The average Bonchev–Trinajstić information content (AvgIpc) is 3.47. The molecule has 0 aliphatic heterocycles. The summed E-state index contributed by atoms with van der Waals surface area (Å²) >= 11 is 8.97. The maximum atomic E-state index is 14.0. The molecule has 0 amide bonds. The summed E-state index contributed by atoms with van der Waals surface area (Å²) < 4.78 is 3.63. The van der Waals surface area contributed by atoms with E-state index in [2.05, 4.69) is 17.1 Å². The van der Waals surface area contributed by atoms with E-state index < -0.39 is 0 Å².